The first-order valence-electron chi connectivity index (χ1n) is 8.29. The predicted octanol–water partition coefficient (Wildman–Crippen LogP) is 2.66. The molecule has 0 aliphatic rings. The molecular weight excluding hydrogens is 346 g/mol. The molecule has 0 aliphatic heterocycles. The quantitative estimate of drug-likeness (QED) is 0.548. The second-order valence-corrected chi connectivity index (χ2v) is 5.89. The lowest BCUT2D eigenvalue weighted by Crippen LogP contribution is -2.08. The minimum atomic E-state index is -0.567. The van der Waals surface area contributed by atoms with Crippen LogP contribution >= 0.6 is 0 Å². The van der Waals surface area contributed by atoms with Crippen LogP contribution in [0.25, 0.3) is 22.6 Å². The van der Waals surface area contributed by atoms with Crippen LogP contribution in [0.1, 0.15) is 16.1 Å². The molecule has 0 amide bonds. The van der Waals surface area contributed by atoms with E-state index in [0.29, 0.717) is 18.1 Å². The fourth-order valence-corrected chi connectivity index (χ4v) is 2.90. The molecule has 0 saturated carbocycles. The molecule has 2 aromatic carbocycles. The highest BCUT2D eigenvalue weighted by Gasteiger charge is 2.24. The van der Waals surface area contributed by atoms with Crippen LogP contribution in [0.3, 0.4) is 0 Å². The molecule has 4 rings (SSSR count). The topological polar surface area (TPSA) is 94.9 Å². The molecule has 0 atom stereocenters. The maximum atomic E-state index is 12.2. The number of imidazole rings is 1. The summed E-state index contributed by atoms with van der Waals surface area (Å²) >= 11 is 0. The summed E-state index contributed by atoms with van der Waals surface area (Å²) in [6, 6.07) is 15.2. The summed E-state index contributed by atoms with van der Waals surface area (Å²) in [7, 11) is 2.93. The van der Waals surface area contributed by atoms with E-state index in [-0.39, 0.29) is 5.69 Å². The maximum absolute atomic E-state index is 12.2. The zero-order valence-electron chi connectivity index (χ0n) is 14.8. The third kappa shape index (κ3) is 3.12. The number of methoxy groups -OCH3 is 2. The number of rotatable bonds is 5. The molecule has 0 radical (unpaired) electrons. The third-order valence-corrected chi connectivity index (χ3v) is 4.19. The molecule has 1 N–H and O–H groups in total. The van der Waals surface area contributed by atoms with Crippen LogP contribution in [0.15, 0.2) is 48.5 Å². The number of para-hydroxylation sites is 2. The molecule has 0 unspecified atom stereocenters. The summed E-state index contributed by atoms with van der Waals surface area (Å²) in [5.41, 5.74) is 3.18. The lowest BCUT2D eigenvalue weighted by Gasteiger charge is -2.07. The first kappa shape index (κ1) is 16.8. The number of nitrogens with zero attached hydrogens (tertiary/aromatic N) is 4. The number of hydrogen-bond donors (Lipinski definition) is 1. The monoisotopic (exact) mass is 363 g/mol. The molecule has 2 heterocycles. The number of ether oxygens (including phenoxy) is 2. The van der Waals surface area contributed by atoms with Gasteiger partial charge in [0, 0.05) is 0 Å². The summed E-state index contributed by atoms with van der Waals surface area (Å²) in [6.45, 7) is 0.396. The van der Waals surface area contributed by atoms with E-state index in [1.54, 1.807) is 11.8 Å². The Morgan fingerprint density at radius 2 is 2.00 bits per heavy atom. The molecule has 4 aromatic rings. The van der Waals surface area contributed by atoms with Crippen molar-refractivity contribution in [3.63, 3.8) is 0 Å². The Hall–Kier alpha value is -3.68. The van der Waals surface area contributed by atoms with Crippen LogP contribution in [-0.2, 0) is 11.3 Å². The van der Waals surface area contributed by atoms with Gasteiger partial charge < -0.3 is 14.5 Å². The van der Waals surface area contributed by atoms with Crippen molar-refractivity contribution in [1.82, 2.24) is 25.0 Å². The predicted molar refractivity (Wildman–Crippen MR) is 98.5 cm³/mol. The molecule has 0 fully saturated rings. The number of carbonyl (C=O) groups excluding carboxylic acids is 1. The lowest BCUT2D eigenvalue weighted by atomic mass is 10.2. The van der Waals surface area contributed by atoms with Crippen LogP contribution in [0.5, 0.6) is 5.75 Å². The Morgan fingerprint density at radius 3 is 2.78 bits per heavy atom. The molecular formula is C19H17N5O3. The number of aromatic amines is 1. The van der Waals surface area contributed by atoms with E-state index in [9.17, 15) is 4.79 Å². The van der Waals surface area contributed by atoms with E-state index in [0.717, 1.165) is 22.3 Å². The van der Waals surface area contributed by atoms with Gasteiger partial charge in [0.25, 0.3) is 0 Å². The molecule has 0 bridgehead atoms. The van der Waals surface area contributed by atoms with Crippen LogP contribution in [0, 0.1) is 0 Å². The van der Waals surface area contributed by atoms with Crippen molar-refractivity contribution in [2.45, 2.75) is 6.54 Å². The number of benzene rings is 2. The fourth-order valence-electron chi connectivity index (χ4n) is 2.90. The number of esters is 1. The van der Waals surface area contributed by atoms with Gasteiger partial charge in [-0.1, -0.05) is 29.5 Å². The standard InChI is InChI=1S/C19H17N5O3/c1-26-13-7-5-6-12(10-13)11-24-17(16(22-23-24)19(25)27-2)18-20-14-8-3-4-9-15(14)21-18/h3-10H,11H2,1-2H3,(H,20,21). The normalized spacial score (nSPS) is 10.9. The minimum Gasteiger partial charge on any atom is -0.497 e. The first-order chi connectivity index (χ1) is 13.2. The average molecular weight is 363 g/mol. The smallest absolute Gasteiger partial charge is 0.361 e. The molecule has 136 valence electrons. The molecule has 0 spiro atoms. The maximum Gasteiger partial charge on any atom is 0.361 e. The van der Waals surface area contributed by atoms with Crippen LogP contribution in [0.4, 0.5) is 0 Å². The Morgan fingerprint density at radius 1 is 1.15 bits per heavy atom. The molecule has 0 aliphatic carbocycles. The zero-order valence-corrected chi connectivity index (χ0v) is 14.8. The van der Waals surface area contributed by atoms with Crippen molar-refractivity contribution in [2.75, 3.05) is 14.2 Å². The van der Waals surface area contributed by atoms with Gasteiger partial charge in [0.15, 0.2) is 5.82 Å². The molecule has 0 saturated heterocycles. The van der Waals surface area contributed by atoms with Crippen molar-refractivity contribution in [2.24, 2.45) is 0 Å². The van der Waals surface area contributed by atoms with Crippen molar-refractivity contribution in [3.8, 4) is 17.3 Å². The highest BCUT2D eigenvalue weighted by molar-refractivity contribution is 5.94. The fraction of sp³-hybridized carbons (Fsp3) is 0.158. The minimum absolute atomic E-state index is 0.111. The van der Waals surface area contributed by atoms with Gasteiger partial charge in [0.1, 0.15) is 11.4 Å². The van der Waals surface area contributed by atoms with E-state index in [1.165, 1.54) is 7.11 Å². The Bertz CT molecular complexity index is 1080. The SMILES string of the molecule is COC(=O)c1nnn(Cc2cccc(OC)c2)c1-c1nc2ccccc2[nH]1. The number of carbonyl (C=O) groups is 1. The average Bonchev–Trinajstić information content (AvgIpc) is 3.31. The Kier molecular flexibility index (Phi) is 4.29. The van der Waals surface area contributed by atoms with Gasteiger partial charge in [0.2, 0.25) is 5.69 Å². The third-order valence-electron chi connectivity index (χ3n) is 4.19. The molecule has 27 heavy (non-hydrogen) atoms. The van der Waals surface area contributed by atoms with Gasteiger partial charge >= 0.3 is 5.97 Å². The van der Waals surface area contributed by atoms with Crippen molar-refractivity contribution < 1.29 is 14.3 Å². The number of aromatic nitrogens is 5. The Labute approximate surface area is 154 Å². The number of H-pyrrole nitrogens is 1. The van der Waals surface area contributed by atoms with Gasteiger partial charge in [-0.25, -0.2) is 14.5 Å². The van der Waals surface area contributed by atoms with Gasteiger partial charge in [-0.05, 0) is 29.8 Å². The van der Waals surface area contributed by atoms with E-state index in [4.69, 9.17) is 9.47 Å². The van der Waals surface area contributed by atoms with Crippen LogP contribution in [-0.4, -0.2) is 45.2 Å². The van der Waals surface area contributed by atoms with E-state index in [2.05, 4.69) is 20.3 Å². The van der Waals surface area contributed by atoms with Gasteiger partial charge in [-0.2, -0.15) is 0 Å². The number of fused-ring (bicyclic) bond motifs is 1. The number of hydrogen-bond acceptors (Lipinski definition) is 6. The van der Waals surface area contributed by atoms with Crippen molar-refractivity contribution in [3.05, 3.63) is 59.8 Å². The summed E-state index contributed by atoms with van der Waals surface area (Å²) in [6.07, 6.45) is 0. The van der Waals surface area contributed by atoms with Gasteiger partial charge in [-0.15, -0.1) is 5.10 Å². The van der Waals surface area contributed by atoms with Crippen molar-refractivity contribution in [1.29, 1.82) is 0 Å². The zero-order chi connectivity index (χ0) is 18.8. The molecule has 8 nitrogen and oxygen atoms in total. The number of nitrogens with one attached hydrogen (secondary N) is 1. The summed E-state index contributed by atoms with van der Waals surface area (Å²) < 4.78 is 11.8. The highest BCUT2D eigenvalue weighted by Crippen LogP contribution is 2.24. The Balaban J connectivity index is 1.82. The largest absolute Gasteiger partial charge is 0.497 e. The summed E-state index contributed by atoms with van der Waals surface area (Å²) in [4.78, 5) is 20.0. The second kappa shape index (κ2) is 6.91. The van der Waals surface area contributed by atoms with E-state index < -0.39 is 5.97 Å². The molecule has 8 heteroatoms. The van der Waals surface area contributed by atoms with Gasteiger partial charge in [0.05, 0.1) is 31.8 Å². The first-order valence-corrected chi connectivity index (χ1v) is 8.29. The van der Waals surface area contributed by atoms with E-state index >= 15 is 0 Å². The van der Waals surface area contributed by atoms with Crippen molar-refractivity contribution >= 4 is 17.0 Å². The summed E-state index contributed by atoms with van der Waals surface area (Å²) in [5.74, 6) is 0.679. The van der Waals surface area contributed by atoms with Crippen LogP contribution < -0.4 is 4.74 Å². The molecule has 2 aromatic heterocycles. The lowest BCUT2D eigenvalue weighted by molar-refractivity contribution is 0.0594. The summed E-state index contributed by atoms with van der Waals surface area (Å²) in [5, 5.41) is 8.17. The van der Waals surface area contributed by atoms with Crippen LogP contribution in [0.2, 0.25) is 0 Å². The highest BCUT2D eigenvalue weighted by atomic mass is 16.5. The van der Waals surface area contributed by atoms with E-state index in [1.807, 2.05) is 48.5 Å². The second-order valence-electron chi connectivity index (χ2n) is 5.89. The van der Waals surface area contributed by atoms with Gasteiger partial charge in [-0.3, -0.25) is 0 Å².